The standard InChI is InChI=1S/C24H33N5O.3ClH/c1-19(2)27-14-16-28(17-15-27)23-9-8-22(18-25-23)20-4-6-21(7-5-20)24(30)29-12-10-26(3)11-13-29;;;/h4-9,18-19H,10-17H2,1-3H3;3*1H. The van der Waals surface area contributed by atoms with Crippen molar-refractivity contribution in [3.63, 3.8) is 0 Å². The Balaban J connectivity index is 0.00000181. The number of piperazine rings is 2. The van der Waals surface area contributed by atoms with Gasteiger partial charge in [0.25, 0.3) is 5.91 Å². The molecule has 33 heavy (non-hydrogen) atoms. The van der Waals surface area contributed by atoms with Crippen molar-refractivity contribution in [1.29, 1.82) is 0 Å². The number of nitrogens with zero attached hydrogens (tertiary/aromatic N) is 5. The number of pyridine rings is 1. The summed E-state index contributed by atoms with van der Waals surface area (Å²) in [5.41, 5.74) is 2.93. The summed E-state index contributed by atoms with van der Waals surface area (Å²) in [7, 11) is 2.10. The Bertz CT molecular complexity index is 847. The molecule has 1 aromatic heterocycles. The van der Waals surface area contributed by atoms with E-state index in [2.05, 4.69) is 47.7 Å². The summed E-state index contributed by atoms with van der Waals surface area (Å²) in [6.45, 7) is 12.2. The quantitative estimate of drug-likeness (QED) is 0.616. The minimum absolute atomic E-state index is 0. The second-order valence-corrected chi connectivity index (χ2v) is 8.69. The summed E-state index contributed by atoms with van der Waals surface area (Å²) in [5, 5.41) is 0. The van der Waals surface area contributed by atoms with Crippen molar-refractivity contribution in [2.45, 2.75) is 19.9 Å². The average Bonchev–Trinajstić information content (AvgIpc) is 2.79. The van der Waals surface area contributed by atoms with Crippen LogP contribution in [-0.4, -0.2) is 91.0 Å². The summed E-state index contributed by atoms with van der Waals surface area (Å²) >= 11 is 0. The van der Waals surface area contributed by atoms with Gasteiger partial charge in [0.05, 0.1) is 0 Å². The molecule has 0 saturated carbocycles. The first-order valence-electron chi connectivity index (χ1n) is 11.0. The Labute approximate surface area is 216 Å². The second kappa shape index (κ2) is 13.4. The van der Waals surface area contributed by atoms with Crippen molar-refractivity contribution in [2.75, 3.05) is 64.3 Å². The van der Waals surface area contributed by atoms with Crippen molar-refractivity contribution >= 4 is 48.9 Å². The molecule has 2 aromatic rings. The normalized spacial score (nSPS) is 17.1. The number of benzene rings is 1. The van der Waals surface area contributed by atoms with E-state index in [1.807, 2.05) is 35.4 Å². The first-order valence-corrected chi connectivity index (χ1v) is 11.0. The summed E-state index contributed by atoms with van der Waals surface area (Å²) in [6.07, 6.45) is 1.95. The van der Waals surface area contributed by atoms with E-state index in [9.17, 15) is 4.79 Å². The zero-order valence-corrected chi connectivity index (χ0v) is 22.1. The molecule has 6 nitrogen and oxygen atoms in total. The molecule has 2 saturated heterocycles. The highest BCUT2D eigenvalue weighted by atomic mass is 35.5. The first kappa shape index (κ1) is 29.5. The van der Waals surface area contributed by atoms with E-state index in [1.165, 1.54) is 0 Å². The molecule has 0 bridgehead atoms. The Hall–Kier alpha value is -1.57. The van der Waals surface area contributed by atoms with E-state index in [0.29, 0.717) is 6.04 Å². The minimum atomic E-state index is 0. The molecule has 0 aliphatic carbocycles. The molecule has 4 rings (SSSR count). The zero-order chi connectivity index (χ0) is 21.1. The predicted octanol–water partition coefficient (Wildman–Crippen LogP) is 3.93. The van der Waals surface area contributed by atoms with Gasteiger partial charge in [0.15, 0.2) is 0 Å². The molecule has 0 N–H and O–H groups in total. The van der Waals surface area contributed by atoms with Crippen LogP contribution in [0.1, 0.15) is 24.2 Å². The molecule has 0 radical (unpaired) electrons. The van der Waals surface area contributed by atoms with Crippen LogP contribution in [0.15, 0.2) is 42.6 Å². The molecule has 0 spiro atoms. The van der Waals surface area contributed by atoms with Gasteiger partial charge in [-0.25, -0.2) is 4.98 Å². The lowest BCUT2D eigenvalue weighted by Crippen LogP contribution is -2.49. The van der Waals surface area contributed by atoms with Crippen LogP contribution in [0.2, 0.25) is 0 Å². The molecule has 184 valence electrons. The van der Waals surface area contributed by atoms with Gasteiger partial charge in [-0.05, 0) is 50.7 Å². The number of aromatic nitrogens is 1. The number of halogens is 3. The highest BCUT2D eigenvalue weighted by Gasteiger charge is 2.21. The van der Waals surface area contributed by atoms with Gasteiger partial charge < -0.3 is 14.7 Å². The Morgan fingerprint density at radius 1 is 0.788 bits per heavy atom. The fourth-order valence-corrected chi connectivity index (χ4v) is 4.21. The monoisotopic (exact) mass is 515 g/mol. The third-order valence-corrected chi connectivity index (χ3v) is 6.37. The van der Waals surface area contributed by atoms with Gasteiger partial charge in [-0.15, -0.1) is 37.2 Å². The molecular weight excluding hydrogens is 481 g/mol. The highest BCUT2D eigenvalue weighted by Crippen LogP contribution is 2.23. The van der Waals surface area contributed by atoms with E-state index < -0.39 is 0 Å². The summed E-state index contributed by atoms with van der Waals surface area (Å²) in [5.74, 6) is 1.17. The van der Waals surface area contributed by atoms with Crippen molar-refractivity contribution in [2.24, 2.45) is 0 Å². The number of rotatable bonds is 4. The van der Waals surface area contributed by atoms with Crippen LogP contribution in [0, 0.1) is 0 Å². The van der Waals surface area contributed by atoms with Crippen LogP contribution in [0.25, 0.3) is 11.1 Å². The largest absolute Gasteiger partial charge is 0.354 e. The molecule has 2 fully saturated rings. The lowest BCUT2D eigenvalue weighted by Gasteiger charge is -2.37. The smallest absolute Gasteiger partial charge is 0.253 e. The van der Waals surface area contributed by atoms with Crippen molar-refractivity contribution < 1.29 is 4.79 Å². The van der Waals surface area contributed by atoms with Crippen LogP contribution in [0.3, 0.4) is 0 Å². The van der Waals surface area contributed by atoms with E-state index in [1.54, 1.807) is 0 Å². The van der Waals surface area contributed by atoms with Crippen molar-refractivity contribution in [1.82, 2.24) is 19.7 Å². The first-order chi connectivity index (χ1) is 14.5. The molecule has 2 aliphatic rings. The lowest BCUT2D eigenvalue weighted by atomic mass is 10.0. The molecule has 0 atom stereocenters. The fourth-order valence-electron chi connectivity index (χ4n) is 4.21. The van der Waals surface area contributed by atoms with Gasteiger partial charge in [0.2, 0.25) is 0 Å². The molecular formula is C24H36Cl3N5O. The zero-order valence-electron chi connectivity index (χ0n) is 19.6. The van der Waals surface area contributed by atoms with Crippen molar-refractivity contribution in [3.8, 4) is 11.1 Å². The van der Waals surface area contributed by atoms with Crippen LogP contribution in [0.5, 0.6) is 0 Å². The Morgan fingerprint density at radius 3 is 1.88 bits per heavy atom. The number of likely N-dealkylation sites (N-methyl/N-ethyl adjacent to an activating group) is 1. The molecule has 1 amide bonds. The third kappa shape index (κ3) is 7.20. The van der Waals surface area contributed by atoms with E-state index >= 15 is 0 Å². The topological polar surface area (TPSA) is 42.9 Å². The summed E-state index contributed by atoms with van der Waals surface area (Å²) < 4.78 is 0. The molecule has 3 heterocycles. The van der Waals surface area contributed by atoms with Gasteiger partial charge in [0, 0.05) is 75.7 Å². The highest BCUT2D eigenvalue weighted by molar-refractivity contribution is 5.94. The van der Waals surface area contributed by atoms with E-state index in [4.69, 9.17) is 4.98 Å². The maximum absolute atomic E-state index is 12.7. The molecule has 9 heteroatoms. The second-order valence-electron chi connectivity index (χ2n) is 8.69. The van der Waals surface area contributed by atoms with Crippen LogP contribution < -0.4 is 4.90 Å². The van der Waals surface area contributed by atoms with E-state index in [0.717, 1.165) is 74.9 Å². The third-order valence-electron chi connectivity index (χ3n) is 6.37. The predicted molar refractivity (Wildman–Crippen MR) is 144 cm³/mol. The SMILES string of the molecule is CC(C)N1CCN(c2ccc(-c3ccc(C(=O)N4CCN(C)CC4)cc3)cn2)CC1.Cl.Cl.Cl. The molecule has 2 aliphatic heterocycles. The Morgan fingerprint density at radius 2 is 1.36 bits per heavy atom. The van der Waals surface area contributed by atoms with Crippen LogP contribution in [-0.2, 0) is 0 Å². The number of hydrogen-bond donors (Lipinski definition) is 0. The minimum Gasteiger partial charge on any atom is -0.354 e. The van der Waals surface area contributed by atoms with Gasteiger partial charge in [0.1, 0.15) is 5.82 Å². The van der Waals surface area contributed by atoms with Gasteiger partial charge in [-0.3, -0.25) is 9.69 Å². The average molecular weight is 517 g/mol. The van der Waals surface area contributed by atoms with E-state index in [-0.39, 0.29) is 43.1 Å². The number of carbonyl (C=O) groups excluding carboxylic acids is 1. The number of hydrogen-bond acceptors (Lipinski definition) is 5. The number of carbonyl (C=O) groups is 1. The number of anilines is 1. The van der Waals surface area contributed by atoms with Crippen LogP contribution >= 0.6 is 37.2 Å². The molecule has 1 aromatic carbocycles. The van der Waals surface area contributed by atoms with Gasteiger partial charge in [-0.2, -0.15) is 0 Å². The van der Waals surface area contributed by atoms with Gasteiger partial charge in [-0.1, -0.05) is 12.1 Å². The summed E-state index contributed by atoms with van der Waals surface area (Å²) in [4.78, 5) is 26.5. The molecule has 0 unspecified atom stereocenters. The maximum Gasteiger partial charge on any atom is 0.253 e. The van der Waals surface area contributed by atoms with Crippen LogP contribution in [0.4, 0.5) is 5.82 Å². The maximum atomic E-state index is 12.7. The summed E-state index contributed by atoms with van der Waals surface area (Å²) in [6, 6.07) is 12.8. The number of amides is 1. The lowest BCUT2D eigenvalue weighted by molar-refractivity contribution is 0.0664. The fraction of sp³-hybridized carbons (Fsp3) is 0.500. The van der Waals surface area contributed by atoms with Crippen molar-refractivity contribution in [3.05, 3.63) is 48.2 Å². The van der Waals surface area contributed by atoms with Gasteiger partial charge >= 0.3 is 0 Å². The Kier molecular flexibility index (Phi) is 11.9.